The third-order valence-corrected chi connectivity index (χ3v) is 4.15. The minimum atomic E-state index is -0.311. The number of furan rings is 1. The van der Waals surface area contributed by atoms with E-state index in [0.29, 0.717) is 13.0 Å². The Labute approximate surface area is 158 Å². The summed E-state index contributed by atoms with van der Waals surface area (Å²) in [4.78, 5) is 37.5. The number of hydrogen-bond acceptors (Lipinski definition) is 4. The first kappa shape index (κ1) is 20.2. The molecular weight excluding hydrogens is 346 g/mol. The van der Waals surface area contributed by atoms with Gasteiger partial charge < -0.3 is 20.0 Å². The second-order valence-electron chi connectivity index (χ2n) is 6.40. The highest BCUT2D eigenvalue weighted by atomic mass is 16.3. The van der Waals surface area contributed by atoms with Gasteiger partial charge in [-0.2, -0.15) is 0 Å². The lowest BCUT2D eigenvalue weighted by molar-refractivity contribution is -0.133. The largest absolute Gasteiger partial charge is 0.459 e. The van der Waals surface area contributed by atoms with Crippen LogP contribution >= 0.6 is 0 Å². The third kappa shape index (κ3) is 5.99. The van der Waals surface area contributed by atoms with Gasteiger partial charge in [0.2, 0.25) is 11.8 Å². The zero-order chi connectivity index (χ0) is 19.8. The minimum absolute atomic E-state index is 0.0225. The van der Waals surface area contributed by atoms with Crippen LogP contribution in [-0.4, -0.2) is 42.8 Å². The van der Waals surface area contributed by atoms with Gasteiger partial charge in [-0.1, -0.05) is 18.2 Å². The van der Waals surface area contributed by atoms with Crippen molar-refractivity contribution in [2.24, 2.45) is 0 Å². The molecule has 2 aromatic rings. The third-order valence-electron chi connectivity index (χ3n) is 4.15. The predicted octanol–water partition coefficient (Wildman–Crippen LogP) is 2.50. The Bertz CT molecular complexity index is 779. The van der Waals surface area contributed by atoms with Crippen molar-refractivity contribution in [2.75, 3.05) is 25.5 Å². The van der Waals surface area contributed by atoms with E-state index < -0.39 is 0 Å². The van der Waals surface area contributed by atoms with Crippen molar-refractivity contribution in [3.05, 3.63) is 53.5 Å². The molecule has 0 radical (unpaired) electrons. The molecule has 0 aliphatic rings. The van der Waals surface area contributed by atoms with E-state index in [2.05, 4.69) is 10.6 Å². The van der Waals surface area contributed by atoms with Crippen LogP contribution in [0.3, 0.4) is 0 Å². The predicted molar refractivity (Wildman–Crippen MR) is 102 cm³/mol. The fourth-order valence-corrected chi connectivity index (χ4v) is 2.62. The van der Waals surface area contributed by atoms with E-state index in [9.17, 15) is 14.4 Å². The average Bonchev–Trinajstić information content (AvgIpc) is 3.16. The number of anilines is 1. The molecule has 0 spiro atoms. The van der Waals surface area contributed by atoms with Crippen molar-refractivity contribution >= 4 is 23.4 Å². The lowest BCUT2D eigenvalue weighted by atomic mass is 10.1. The summed E-state index contributed by atoms with van der Waals surface area (Å²) in [7, 11) is 1.59. The first-order chi connectivity index (χ1) is 12.9. The molecule has 0 saturated heterocycles. The number of amides is 3. The zero-order valence-corrected chi connectivity index (χ0v) is 15.9. The lowest BCUT2D eigenvalue weighted by Gasteiger charge is -2.18. The molecule has 27 heavy (non-hydrogen) atoms. The molecule has 0 saturated carbocycles. The van der Waals surface area contributed by atoms with Crippen LogP contribution in [0.4, 0.5) is 5.69 Å². The van der Waals surface area contributed by atoms with Crippen LogP contribution in [0.25, 0.3) is 0 Å². The van der Waals surface area contributed by atoms with Gasteiger partial charge in [0.25, 0.3) is 5.91 Å². The molecule has 0 atom stereocenters. The van der Waals surface area contributed by atoms with Crippen LogP contribution in [0.5, 0.6) is 0 Å². The maximum atomic E-state index is 12.2. The number of rotatable bonds is 8. The van der Waals surface area contributed by atoms with Gasteiger partial charge in [-0.05, 0) is 43.5 Å². The molecule has 0 aliphatic heterocycles. The van der Waals surface area contributed by atoms with E-state index in [0.717, 1.165) is 16.8 Å². The van der Waals surface area contributed by atoms with E-state index >= 15 is 0 Å². The van der Waals surface area contributed by atoms with Gasteiger partial charge in [0, 0.05) is 25.7 Å². The Morgan fingerprint density at radius 2 is 1.78 bits per heavy atom. The van der Waals surface area contributed by atoms with E-state index in [1.807, 2.05) is 32.0 Å². The summed E-state index contributed by atoms with van der Waals surface area (Å²) >= 11 is 0. The number of benzene rings is 1. The molecule has 7 nitrogen and oxygen atoms in total. The summed E-state index contributed by atoms with van der Waals surface area (Å²) in [5, 5.41) is 5.54. The summed E-state index contributed by atoms with van der Waals surface area (Å²) in [6, 6.07) is 8.99. The molecular formula is C20H25N3O4. The van der Waals surface area contributed by atoms with Crippen molar-refractivity contribution in [3.8, 4) is 0 Å². The summed E-state index contributed by atoms with van der Waals surface area (Å²) in [6.07, 6.45) is 2.15. The van der Waals surface area contributed by atoms with Gasteiger partial charge in [0.1, 0.15) is 0 Å². The Hall–Kier alpha value is -3.09. The van der Waals surface area contributed by atoms with Crippen molar-refractivity contribution in [1.82, 2.24) is 10.2 Å². The van der Waals surface area contributed by atoms with Gasteiger partial charge in [-0.25, -0.2) is 0 Å². The summed E-state index contributed by atoms with van der Waals surface area (Å²) in [5.74, 6) is -0.469. The highest BCUT2D eigenvalue weighted by Gasteiger charge is 2.14. The SMILES string of the molecule is Cc1cccc(C)c1NC(=O)CN(C)C(=O)CCCNC(=O)c1ccco1. The van der Waals surface area contributed by atoms with Crippen molar-refractivity contribution in [2.45, 2.75) is 26.7 Å². The van der Waals surface area contributed by atoms with Gasteiger partial charge in [-0.15, -0.1) is 0 Å². The molecule has 1 aromatic heterocycles. The smallest absolute Gasteiger partial charge is 0.286 e. The Morgan fingerprint density at radius 1 is 1.07 bits per heavy atom. The molecule has 144 valence electrons. The molecule has 2 N–H and O–H groups in total. The van der Waals surface area contributed by atoms with E-state index in [1.165, 1.54) is 11.2 Å². The molecule has 1 heterocycles. The Balaban J connectivity index is 1.71. The topological polar surface area (TPSA) is 91.7 Å². The normalized spacial score (nSPS) is 10.3. The fourth-order valence-electron chi connectivity index (χ4n) is 2.62. The van der Waals surface area contributed by atoms with Crippen molar-refractivity contribution in [1.29, 1.82) is 0 Å². The highest BCUT2D eigenvalue weighted by Crippen LogP contribution is 2.19. The number of aryl methyl sites for hydroxylation is 2. The average molecular weight is 371 g/mol. The molecule has 1 aromatic carbocycles. The summed E-state index contributed by atoms with van der Waals surface area (Å²) in [6.45, 7) is 4.18. The summed E-state index contributed by atoms with van der Waals surface area (Å²) < 4.78 is 4.99. The van der Waals surface area contributed by atoms with Gasteiger partial charge in [0.05, 0.1) is 12.8 Å². The van der Waals surface area contributed by atoms with Crippen molar-refractivity contribution < 1.29 is 18.8 Å². The molecule has 0 aliphatic carbocycles. The highest BCUT2D eigenvalue weighted by molar-refractivity contribution is 5.95. The number of carbonyl (C=O) groups excluding carboxylic acids is 3. The van der Waals surface area contributed by atoms with Crippen LogP contribution < -0.4 is 10.6 Å². The maximum absolute atomic E-state index is 12.2. The molecule has 0 bridgehead atoms. The van der Waals surface area contributed by atoms with Gasteiger partial charge in [-0.3, -0.25) is 14.4 Å². The van der Waals surface area contributed by atoms with Crippen LogP contribution in [0.15, 0.2) is 41.0 Å². The van der Waals surface area contributed by atoms with E-state index in [4.69, 9.17) is 4.42 Å². The fraction of sp³-hybridized carbons (Fsp3) is 0.350. The Kier molecular flexibility index (Phi) is 7.16. The molecule has 7 heteroatoms. The number of para-hydroxylation sites is 1. The van der Waals surface area contributed by atoms with Crippen LogP contribution in [-0.2, 0) is 9.59 Å². The first-order valence-electron chi connectivity index (χ1n) is 8.80. The number of nitrogens with one attached hydrogen (secondary N) is 2. The molecule has 3 amide bonds. The number of hydrogen-bond donors (Lipinski definition) is 2. The van der Waals surface area contributed by atoms with Crippen LogP contribution in [0, 0.1) is 13.8 Å². The number of carbonyl (C=O) groups is 3. The quantitative estimate of drug-likeness (QED) is 0.698. The monoisotopic (exact) mass is 371 g/mol. The van der Waals surface area contributed by atoms with Crippen LogP contribution in [0.2, 0.25) is 0 Å². The van der Waals surface area contributed by atoms with E-state index in [-0.39, 0.29) is 36.4 Å². The van der Waals surface area contributed by atoms with Gasteiger partial charge in [0.15, 0.2) is 5.76 Å². The standard InChI is InChI=1S/C20H25N3O4/c1-14-7-4-8-15(2)19(14)22-17(24)13-23(3)18(25)10-5-11-21-20(26)16-9-6-12-27-16/h4,6-9,12H,5,10-11,13H2,1-3H3,(H,21,26)(H,22,24). The summed E-state index contributed by atoms with van der Waals surface area (Å²) in [5.41, 5.74) is 2.73. The van der Waals surface area contributed by atoms with Gasteiger partial charge >= 0.3 is 0 Å². The van der Waals surface area contributed by atoms with Crippen LogP contribution in [0.1, 0.15) is 34.5 Å². The van der Waals surface area contributed by atoms with E-state index in [1.54, 1.807) is 19.2 Å². The second kappa shape index (κ2) is 9.56. The molecule has 2 rings (SSSR count). The molecule has 0 unspecified atom stereocenters. The zero-order valence-electron chi connectivity index (χ0n) is 15.9. The second-order valence-corrected chi connectivity index (χ2v) is 6.40. The van der Waals surface area contributed by atoms with Crippen molar-refractivity contribution in [3.63, 3.8) is 0 Å². The maximum Gasteiger partial charge on any atom is 0.286 e. The minimum Gasteiger partial charge on any atom is -0.459 e. The lowest BCUT2D eigenvalue weighted by Crippen LogP contribution is -2.35. The number of likely N-dealkylation sites (N-methyl/N-ethyl adjacent to an activating group) is 1. The Morgan fingerprint density at radius 3 is 2.41 bits per heavy atom. The first-order valence-corrected chi connectivity index (χ1v) is 8.80. The molecule has 0 fully saturated rings. The number of nitrogens with zero attached hydrogens (tertiary/aromatic N) is 1.